The van der Waals surface area contributed by atoms with Gasteiger partial charge >= 0.3 is 0 Å². The van der Waals surface area contributed by atoms with Crippen molar-refractivity contribution in [1.82, 2.24) is 9.55 Å². The van der Waals surface area contributed by atoms with E-state index in [1.807, 2.05) is 6.07 Å². The average molecular weight is 386 g/mol. The van der Waals surface area contributed by atoms with Crippen LogP contribution in [0.5, 0.6) is 0 Å². The molecule has 2 rings (SSSR count). The maximum Gasteiger partial charge on any atom is 0.268 e. The van der Waals surface area contributed by atoms with Crippen LogP contribution in [-0.4, -0.2) is 15.3 Å². The van der Waals surface area contributed by atoms with Crippen LogP contribution in [0.1, 0.15) is 16.2 Å². The van der Waals surface area contributed by atoms with Gasteiger partial charge in [0.1, 0.15) is 10.3 Å². The molecular formula is C13H10Br2N2O2. The Morgan fingerprint density at radius 1 is 1.26 bits per heavy atom. The molecule has 0 amide bonds. The third kappa shape index (κ3) is 3.01. The number of aryl methyl sites for hydroxylation is 1. The highest BCUT2D eigenvalue weighted by atomic mass is 79.9. The molecule has 4 nitrogen and oxygen atoms in total. The second-order valence-electron chi connectivity index (χ2n) is 3.95. The van der Waals surface area contributed by atoms with Gasteiger partial charge in [-0.2, -0.15) is 0 Å². The predicted octanol–water partition coefficient (Wildman–Crippen LogP) is 2.96. The van der Waals surface area contributed by atoms with Crippen molar-refractivity contribution < 1.29 is 4.79 Å². The number of hydrogen-bond donors (Lipinski definition) is 0. The van der Waals surface area contributed by atoms with Crippen LogP contribution in [0.25, 0.3) is 0 Å². The van der Waals surface area contributed by atoms with Crippen molar-refractivity contribution in [3.8, 4) is 0 Å². The molecule has 6 heteroatoms. The molecule has 98 valence electrons. The van der Waals surface area contributed by atoms with Crippen molar-refractivity contribution in [2.75, 3.05) is 0 Å². The van der Waals surface area contributed by atoms with Gasteiger partial charge in [-0.25, -0.2) is 4.98 Å². The summed E-state index contributed by atoms with van der Waals surface area (Å²) in [6.45, 7) is 1.67. The molecular weight excluding hydrogens is 376 g/mol. The van der Waals surface area contributed by atoms with E-state index in [1.165, 1.54) is 10.8 Å². The lowest BCUT2D eigenvalue weighted by Gasteiger charge is -2.09. The molecule has 0 spiro atoms. The lowest BCUT2D eigenvalue weighted by molar-refractivity contribution is 0.0968. The molecule has 0 bridgehead atoms. The zero-order chi connectivity index (χ0) is 14.0. The van der Waals surface area contributed by atoms with Gasteiger partial charge in [-0.15, -0.1) is 0 Å². The lowest BCUT2D eigenvalue weighted by Crippen LogP contribution is -2.27. The molecule has 0 aliphatic heterocycles. The minimum atomic E-state index is -0.257. The van der Waals surface area contributed by atoms with Crippen LogP contribution >= 0.6 is 31.9 Å². The number of Topliss-reactive ketones (excluding diaryl/α,β-unsaturated/α-hetero) is 1. The Morgan fingerprint density at radius 2 is 1.95 bits per heavy atom. The molecule has 0 atom stereocenters. The van der Waals surface area contributed by atoms with Crippen molar-refractivity contribution in [2.45, 2.75) is 13.5 Å². The average Bonchev–Trinajstić information content (AvgIpc) is 2.39. The first-order chi connectivity index (χ1) is 9.00. The topological polar surface area (TPSA) is 52.0 Å². The van der Waals surface area contributed by atoms with Gasteiger partial charge in [-0.05, 0) is 28.9 Å². The van der Waals surface area contributed by atoms with Gasteiger partial charge in [-0.3, -0.25) is 14.2 Å². The highest BCUT2D eigenvalue weighted by Gasteiger charge is 2.13. The van der Waals surface area contributed by atoms with Gasteiger partial charge in [0, 0.05) is 16.2 Å². The number of ketones is 1. The molecule has 19 heavy (non-hydrogen) atoms. The van der Waals surface area contributed by atoms with E-state index < -0.39 is 0 Å². The number of carbonyl (C=O) groups excluding carboxylic acids is 1. The van der Waals surface area contributed by atoms with Crippen LogP contribution in [0.3, 0.4) is 0 Å². The summed E-state index contributed by atoms with van der Waals surface area (Å²) in [6.07, 6.45) is 1.44. The quantitative estimate of drug-likeness (QED) is 0.763. The van der Waals surface area contributed by atoms with Crippen molar-refractivity contribution in [3.63, 3.8) is 0 Å². The summed E-state index contributed by atoms with van der Waals surface area (Å²) in [5.74, 6) is 0.367. The van der Waals surface area contributed by atoms with E-state index in [2.05, 4.69) is 36.8 Å². The molecule has 1 heterocycles. The number of nitrogens with zero attached hydrogens (tertiary/aromatic N) is 2. The summed E-state index contributed by atoms with van der Waals surface area (Å²) in [7, 11) is 0. The van der Waals surface area contributed by atoms with Crippen LogP contribution in [0.15, 0.2) is 44.2 Å². The SMILES string of the molecule is Cc1ncc(Br)c(=O)n1CC(=O)c1ccccc1Br. The second kappa shape index (κ2) is 5.79. The lowest BCUT2D eigenvalue weighted by atomic mass is 10.1. The highest BCUT2D eigenvalue weighted by Crippen LogP contribution is 2.17. The van der Waals surface area contributed by atoms with Gasteiger partial charge in [0.15, 0.2) is 5.78 Å². The van der Waals surface area contributed by atoms with E-state index in [0.29, 0.717) is 20.3 Å². The van der Waals surface area contributed by atoms with Crippen molar-refractivity contribution in [2.24, 2.45) is 0 Å². The van der Waals surface area contributed by atoms with Gasteiger partial charge in [0.05, 0.1) is 6.54 Å². The Bertz CT molecular complexity index is 695. The summed E-state index contributed by atoms with van der Waals surface area (Å²) < 4.78 is 2.41. The number of benzene rings is 1. The van der Waals surface area contributed by atoms with Crippen LogP contribution < -0.4 is 5.56 Å². The third-order valence-corrected chi connectivity index (χ3v) is 3.92. The second-order valence-corrected chi connectivity index (χ2v) is 5.66. The van der Waals surface area contributed by atoms with Crippen molar-refractivity contribution in [1.29, 1.82) is 0 Å². The summed E-state index contributed by atoms with van der Waals surface area (Å²) in [5.41, 5.74) is 0.293. The summed E-state index contributed by atoms with van der Waals surface area (Å²) in [6, 6.07) is 7.13. The smallest absolute Gasteiger partial charge is 0.268 e. The van der Waals surface area contributed by atoms with E-state index in [-0.39, 0.29) is 17.9 Å². The van der Waals surface area contributed by atoms with Crippen LogP contribution in [-0.2, 0) is 6.54 Å². The van der Waals surface area contributed by atoms with E-state index in [9.17, 15) is 9.59 Å². The Morgan fingerprint density at radius 3 is 2.63 bits per heavy atom. The molecule has 0 fully saturated rings. The van der Waals surface area contributed by atoms with Gasteiger partial charge < -0.3 is 0 Å². The Hall–Kier alpha value is -1.27. The number of rotatable bonds is 3. The summed E-state index contributed by atoms with van der Waals surface area (Å²) in [4.78, 5) is 28.2. The molecule has 0 aliphatic carbocycles. The molecule has 2 aromatic rings. The molecule has 0 N–H and O–H groups in total. The van der Waals surface area contributed by atoms with E-state index >= 15 is 0 Å². The predicted molar refractivity (Wildman–Crippen MR) is 79.4 cm³/mol. The first-order valence-corrected chi connectivity index (χ1v) is 7.09. The fourth-order valence-corrected chi connectivity index (χ4v) is 2.48. The Balaban J connectivity index is 2.38. The molecule has 0 radical (unpaired) electrons. The molecule has 1 aromatic carbocycles. The van der Waals surface area contributed by atoms with E-state index in [0.717, 1.165) is 0 Å². The van der Waals surface area contributed by atoms with Gasteiger partial charge in [-0.1, -0.05) is 34.1 Å². The maximum absolute atomic E-state index is 12.2. The standard InChI is InChI=1S/C13H10Br2N2O2/c1-8-16-6-11(15)13(19)17(8)7-12(18)9-4-2-3-5-10(9)14/h2-6H,7H2,1H3. The van der Waals surface area contributed by atoms with Crippen molar-refractivity contribution >= 4 is 37.6 Å². The zero-order valence-corrected chi connectivity index (χ0v) is 13.2. The van der Waals surface area contributed by atoms with Crippen LogP contribution in [0.4, 0.5) is 0 Å². The number of carbonyl (C=O) groups is 1. The summed E-state index contributed by atoms with van der Waals surface area (Å²) in [5, 5.41) is 0. The fraction of sp³-hybridized carbons (Fsp3) is 0.154. The van der Waals surface area contributed by atoms with E-state index in [4.69, 9.17) is 0 Å². The molecule has 0 saturated carbocycles. The van der Waals surface area contributed by atoms with E-state index in [1.54, 1.807) is 25.1 Å². The largest absolute Gasteiger partial charge is 0.292 e. The minimum absolute atomic E-state index is 0.0281. The Labute approximate surface area is 126 Å². The van der Waals surface area contributed by atoms with Gasteiger partial charge in [0.25, 0.3) is 5.56 Å². The number of halogens is 2. The molecule has 0 aliphatic rings. The van der Waals surface area contributed by atoms with Gasteiger partial charge in [0.2, 0.25) is 0 Å². The monoisotopic (exact) mass is 384 g/mol. The third-order valence-electron chi connectivity index (χ3n) is 2.68. The maximum atomic E-state index is 12.2. The molecule has 1 aromatic heterocycles. The molecule has 0 unspecified atom stereocenters. The number of aromatic nitrogens is 2. The number of hydrogen-bond acceptors (Lipinski definition) is 3. The minimum Gasteiger partial charge on any atom is -0.292 e. The first-order valence-electron chi connectivity index (χ1n) is 5.50. The Kier molecular flexibility index (Phi) is 4.31. The first kappa shape index (κ1) is 14.1. The normalized spacial score (nSPS) is 10.5. The highest BCUT2D eigenvalue weighted by molar-refractivity contribution is 9.10. The van der Waals surface area contributed by atoms with Crippen molar-refractivity contribution in [3.05, 3.63) is 61.1 Å². The molecule has 0 saturated heterocycles. The van der Waals surface area contributed by atoms with Crippen LogP contribution in [0, 0.1) is 6.92 Å². The summed E-state index contributed by atoms with van der Waals surface area (Å²) >= 11 is 6.45. The fourth-order valence-electron chi connectivity index (χ4n) is 1.65. The zero-order valence-electron chi connectivity index (χ0n) is 10.1. The van der Waals surface area contributed by atoms with Crippen LogP contribution in [0.2, 0.25) is 0 Å².